The van der Waals surface area contributed by atoms with E-state index in [0.29, 0.717) is 19.3 Å². The fraction of sp³-hybridized carbons (Fsp3) is 0.407. The van der Waals surface area contributed by atoms with Gasteiger partial charge in [-0.15, -0.1) is 0 Å². The number of carbonyl (C=O) groups excluding carboxylic acids is 1. The molecule has 1 fully saturated rings. The van der Waals surface area contributed by atoms with Crippen molar-refractivity contribution in [2.24, 2.45) is 0 Å². The van der Waals surface area contributed by atoms with Crippen LogP contribution in [0.4, 0.5) is 11.4 Å². The maximum Gasteiger partial charge on any atom is 0.264 e. The van der Waals surface area contributed by atoms with Gasteiger partial charge in [-0.05, 0) is 69.3 Å². The Morgan fingerprint density at radius 3 is 2.54 bits per heavy atom. The predicted octanol–water partition coefficient (Wildman–Crippen LogP) is 3.54. The average molecular weight is 477 g/mol. The number of amides is 1. The molecule has 0 atom stereocenters. The van der Waals surface area contributed by atoms with Crippen molar-refractivity contribution in [2.75, 3.05) is 56.8 Å². The minimum absolute atomic E-state index is 0.00328. The predicted molar refractivity (Wildman–Crippen MR) is 137 cm³/mol. The second kappa shape index (κ2) is 10.00. The van der Waals surface area contributed by atoms with Crippen molar-refractivity contribution >= 4 is 28.2 Å². The van der Waals surface area contributed by atoms with Crippen LogP contribution in [-0.4, -0.2) is 63.9 Å². The first-order valence-corrected chi connectivity index (χ1v) is 12.1. The fourth-order valence-corrected chi connectivity index (χ4v) is 4.70. The summed E-state index contributed by atoms with van der Waals surface area (Å²) in [5.41, 5.74) is 4.01. The molecule has 8 heteroatoms. The standard InChI is InChI=1S/C15H21N3O2.C12H11NO2/c1-16-11-5-7-18(8-6-11)12-3-4-14-13(9-12)17(2)15(19)10-20-14;1-8-2-3-9-10(13-8)4-5-11-12(9)15-7-6-14-11/h3-4,9,11,16H,5-8,10H2,1-2H3;2-5H,6-7H2,1H3. The molecular formula is C27H32N4O4. The molecule has 6 rings (SSSR count). The second-order valence-electron chi connectivity index (χ2n) is 9.05. The van der Waals surface area contributed by atoms with Crippen molar-refractivity contribution in [3.05, 3.63) is 48.2 Å². The highest BCUT2D eigenvalue weighted by Crippen LogP contribution is 2.37. The molecule has 0 radical (unpaired) electrons. The summed E-state index contributed by atoms with van der Waals surface area (Å²) in [6.45, 7) is 5.44. The lowest BCUT2D eigenvalue weighted by Gasteiger charge is -2.34. The van der Waals surface area contributed by atoms with Crippen molar-refractivity contribution in [1.82, 2.24) is 10.3 Å². The van der Waals surface area contributed by atoms with E-state index in [1.807, 2.05) is 44.3 Å². The number of aryl methyl sites for hydroxylation is 1. The number of aromatic nitrogens is 1. The molecule has 1 N–H and O–H groups in total. The number of rotatable bonds is 2. The molecule has 4 heterocycles. The Hall–Kier alpha value is -3.52. The van der Waals surface area contributed by atoms with E-state index in [-0.39, 0.29) is 12.5 Å². The van der Waals surface area contributed by atoms with Gasteiger partial charge in [0.15, 0.2) is 18.1 Å². The van der Waals surface area contributed by atoms with E-state index in [9.17, 15) is 4.79 Å². The van der Waals surface area contributed by atoms with Crippen LogP contribution in [0.2, 0.25) is 0 Å². The first kappa shape index (κ1) is 23.2. The molecule has 0 bridgehead atoms. The maximum absolute atomic E-state index is 11.7. The molecule has 0 saturated carbocycles. The zero-order valence-electron chi connectivity index (χ0n) is 20.5. The molecule has 0 aliphatic carbocycles. The smallest absolute Gasteiger partial charge is 0.264 e. The van der Waals surface area contributed by atoms with Gasteiger partial charge in [-0.1, -0.05) is 0 Å². The number of ether oxygens (including phenoxy) is 3. The SMILES string of the molecule is CNC1CCN(c2ccc3c(c2)N(C)C(=O)CO3)CC1.Cc1ccc2c3c(ccc2n1)OCCO3. The molecule has 3 aromatic rings. The Labute approximate surface area is 205 Å². The summed E-state index contributed by atoms with van der Waals surface area (Å²) < 4.78 is 16.6. The van der Waals surface area contributed by atoms with Gasteiger partial charge in [0.05, 0.1) is 11.2 Å². The first-order valence-electron chi connectivity index (χ1n) is 12.1. The van der Waals surface area contributed by atoms with Gasteiger partial charge in [0, 0.05) is 42.9 Å². The number of hydrogen-bond donors (Lipinski definition) is 1. The van der Waals surface area contributed by atoms with E-state index >= 15 is 0 Å². The number of likely N-dealkylation sites (N-methyl/N-ethyl adjacent to an activating group) is 1. The monoisotopic (exact) mass is 476 g/mol. The zero-order chi connectivity index (χ0) is 24.4. The molecule has 0 unspecified atom stereocenters. The van der Waals surface area contributed by atoms with Crippen molar-refractivity contribution in [3.63, 3.8) is 0 Å². The van der Waals surface area contributed by atoms with Crippen LogP contribution in [0, 0.1) is 6.92 Å². The third kappa shape index (κ3) is 4.84. The number of anilines is 2. The number of benzene rings is 2. The molecule has 2 aromatic carbocycles. The zero-order valence-corrected chi connectivity index (χ0v) is 20.5. The third-order valence-electron chi connectivity index (χ3n) is 6.81. The highest BCUT2D eigenvalue weighted by atomic mass is 16.6. The highest BCUT2D eigenvalue weighted by Gasteiger charge is 2.24. The van der Waals surface area contributed by atoms with Gasteiger partial charge in [0.25, 0.3) is 5.91 Å². The lowest BCUT2D eigenvalue weighted by molar-refractivity contribution is -0.120. The summed E-state index contributed by atoms with van der Waals surface area (Å²) in [6.07, 6.45) is 2.30. The number of hydrogen-bond acceptors (Lipinski definition) is 7. The topological polar surface area (TPSA) is 76.2 Å². The average Bonchev–Trinajstić information content (AvgIpc) is 2.91. The Bertz CT molecular complexity index is 1220. The molecule has 1 aromatic heterocycles. The Balaban J connectivity index is 0.000000151. The normalized spacial score (nSPS) is 17.4. The molecule has 35 heavy (non-hydrogen) atoms. The van der Waals surface area contributed by atoms with Crippen LogP contribution in [0.25, 0.3) is 10.9 Å². The number of nitrogens with zero attached hydrogens (tertiary/aromatic N) is 3. The Morgan fingerprint density at radius 2 is 1.74 bits per heavy atom. The molecule has 8 nitrogen and oxygen atoms in total. The van der Waals surface area contributed by atoms with E-state index < -0.39 is 0 Å². The van der Waals surface area contributed by atoms with Crippen molar-refractivity contribution in [1.29, 1.82) is 0 Å². The molecule has 3 aliphatic rings. The number of nitrogens with one attached hydrogen (secondary N) is 1. The van der Waals surface area contributed by atoms with E-state index in [4.69, 9.17) is 14.2 Å². The summed E-state index contributed by atoms with van der Waals surface area (Å²) in [7, 11) is 3.83. The van der Waals surface area contributed by atoms with Gasteiger partial charge >= 0.3 is 0 Å². The van der Waals surface area contributed by atoms with Gasteiger partial charge in [0.1, 0.15) is 19.0 Å². The van der Waals surface area contributed by atoms with Crippen LogP contribution in [0.3, 0.4) is 0 Å². The van der Waals surface area contributed by atoms with E-state index in [1.165, 1.54) is 5.69 Å². The van der Waals surface area contributed by atoms with Crippen LogP contribution in [0.5, 0.6) is 17.2 Å². The lowest BCUT2D eigenvalue weighted by atomic mass is 10.0. The molecule has 0 spiro atoms. The van der Waals surface area contributed by atoms with Crippen LogP contribution in [0.15, 0.2) is 42.5 Å². The molecule has 184 valence electrons. The van der Waals surface area contributed by atoms with Gasteiger partial charge in [0.2, 0.25) is 0 Å². The summed E-state index contributed by atoms with van der Waals surface area (Å²) in [6, 6.07) is 14.6. The number of carbonyl (C=O) groups is 1. The molecule has 1 amide bonds. The third-order valence-corrected chi connectivity index (χ3v) is 6.81. The van der Waals surface area contributed by atoms with Crippen LogP contribution < -0.4 is 29.3 Å². The van der Waals surface area contributed by atoms with Gasteiger partial charge in [-0.25, -0.2) is 0 Å². The Morgan fingerprint density at radius 1 is 0.971 bits per heavy atom. The van der Waals surface area contributed by atoms with Crippen LogP contribution in [0.1, 0.15) is 18.5 Å². The van der Waals surface area contributed by atoms with Crippen LogP contribution >= 0.6 is 0 Å². The molecular weight excluding hydrogens is 444 g/mol. The van der Waals surface area contributed by atoms with Gasteiger partial charge in [-0.3, -0.25) is 9.78 Å². The van der Waals surface area contributed by atoms with Crippen molar-refractivity contribution < 1.29 is 19.0 Å². The second-order valence-corrected chi connectivity index (χ2v) is 9.05. The minimum atomic E-state index is 0.00328. The number of pyridine rings is 1. The Kier molecular flexibility index (Phi) is 6.63. The highest BCUT2D eigenvalue weighted by molar-refractivity contribution is 5.98. The van der Waals surface area contributed by atoms with Gasteiger partial charge in [-0.2, -0.15) is 0 Å². The summed E-state index contributed by atoms with van der Waals surface area (Å²) in [5.74, 6) is 2.44. The lowest BCUT2D eigenvalue weighted by Crippen LogP contribution is -2.41. The van der Waals surface area contributed by atoms with Crippen molar-refractivity contribution in [2.45, 2.75) is 25.8 Å². The molecule has 3 aliphatic heterocycles. The summed E-state index contributed by atoms with van der Waals surface area (Å²) >= 11 is 0. The van der Waals surface area contributed by atoms with Crippen LogP contribution in [-0.2, 0) is 4.79 Å². The largest absolute Gasteiger partial charge is 0.486 e. The minimum Gasteiger partial charge on any atom is -0.486 e. The fourth-order valence-electron chi connectivity index (χ4n) is 4.70. The summed E-state index contributed by atoms with van der Waals surface area (Å²) in [4.78, 5) is 20.2. The number of fused-ring (bicyclic) bond motifs is 4. The van der Waals surface area contributed by atoms with Crippen molar-refractivity contribution in [3.8, 4) is 17.2 Å². The number of piperidine rings is 1. The van der Waals surface area contributed by atoms with E-state index in [2.05, 4.69) is 27.3 Å². The van der Waals surface area contributed by atoms with E-state index in [0.717, 1.165) is 65.5 Å². The van der Waals surface area contributed by atoms with Gasteiger partial charge < -0.3 is 29.3 Å². The quantitative estimate of drug-likeness (QED) is 0.606. The summed E-state index contributed by atoms with van der Waals surface area (Å²) in [5, 5.41) is 4.36. The molecule has 1 saturated heterocycles. The van der Waals surface area contributed by atoms with E-state index in [1.54, 1.807) is 11.9 Å². The first-order chi connectivity index (χ1) is 17.0. The maximum atomic E-state index is 11.7.